The van der Waals surface area contributed by atoms with Gasteiger partial charge in [0.05, 0.1) is 17.8 Å². The van der Waals surface area contributed by atoms with Crippen LogP contribution in [-0.2, 0) is 0 Å². The van der Waals surface area contributed by atoms with E-state index in [0.717, 1.165) is 48.6 Å². The molecule has 1 aliphatic rings. The number of aromatic nitrogens is 3. The molecule has 0 saturated carbocycles. The Morgan fingerprint density at radius 3 is 2.73 bits per heavy atom. The highest BCUT2D eigenvalue weighted by molar-refractivity contribution is 7.98. The number of rotatable bonds is 8. The molecule has 0 atom stereocenters. The molecule has 6 nitrogen and oxygen atoms in total. The second-order valence-corrected chi connectivity index (χ2v) is 7.87. The summed E-state index contributed by atoms with van der Waals surface area (Å²) in [4.78, 5) is 11.0. The number of nitrogens with zero attached hydrogens (tertiary/aromatic N) is 4. The Kier molecular flexibility index (Phi) is 6.77. The van der Waals surface area contributed by atoms with E-state index in [1.54, 1.807) is 18.0 Å². The molecule has 142 valence electrons. The number of hydrogen-bond donors (Lipinski definition) is 0. The topological polar surface area (TPSA) is 64.3 Å². The van der Waals surface area contributed by atoms with Crippen molar-refractivity contribution in [1.29, 1.82) is 0 Å². The normalized spacial score (nSPS) is 15.6. The molecule has 3 heterocycles. The minimum Gasteiger partial charge on any atom is -0.492 e. The summed E-state index contributed by atoms with van der Waals surface area (Å²) in [7, 11) is 0. The molecule has 0 aromatic carbocycles. The zero-order chi connectivity index (χ0) is 18.4. The van der Waals surface area contributed by atoms with Crippen LogP contribution in [0.3, 0.4) is 0 Å². The van der Waals surface area contributed by atoms with Gasteiger partial charge in [0.2, 0.25) is 0 Å². The second-order valence-electron chi connectivity index (χ2n) is 7.05. The van der Waals surface area contributed by atoms with Gasteiger partial charge in [-0.05, 0) is 50.0 Å². The number of anilines is 1. The summed E-state index contributed by atoms with van der Waals surface area (Å²) in [6.07, 6.45) is 8.45. The van der Waals surface area contributed by atoms with E-state index < -0.39 is 0 Å². The third-order valence-electron chi connectivity index (χ3n) is 4.78. The number of hydrogen-bond acceptors (Lipinski definition) is 7. The predicted molar refractivity (Wildman–Crippen MR) is 104 cm³/mol. The van der Waals surface area contributed by atoms with Gasteiger partial charge in [0.15, 0.2) is 5.82 Å². The first-order chi connectivity index (χ1) is 12.7. The largest absolute Gasteiger partial charge is 0.492 e. The molecule has 0 aliphatic carbocycles. The first kappa shape index (κ1) is 19.0. The van der Waals surface area contributed by atoms with E-state index in [2.05, 4.69) is 33.9 Å². The minimum atomic E-state index is 0.303. The van der Waals surface area contributed by atoms with Crippen LogP contribution in [0.5, 0.6) is 5.75 Å². The molecule has 2 aromatic rings. The highest BCUT2D eigenvalue weighted by Crippen LogP contribution is 2.26. The molecule has 2 aromatic heterocycles. The lowest BCUT2D eigenvalue weighted by atomic mass is 9.92. The zero-order valence-corrected chi connectivity index (χ0v) is 16.7. The summed E-state index contributed by atoms with van der Waals surface area (Å²) >= 11 is 1.64. The third kappa shape index (κ3) is 5.13. The molecular formula is C19H28N4O2S. The van der Waals surface area contributed by atoms with Crippen molar-refractivity contribution in [2.75, 3.05) is 30.9 Å². The van der Waals surface area contributed by atoms with Crippen molar-refractivity contribution < 1.29 is 9.26 Å². The molecule has 26 heavy (non-hydrogen) atoms. The smallest absolute Gasteiger partial charge is 0.324 e. The molecule has 0 N–H and O–H groups in total. The van der Waals surface area contributed by atoms with Crippen LogP contribution >= 0.6 is 11.8 Å². The highest BCUT2D eigenvalue weighted by Gasteiger charge is 2.23. The molecule has 1 aliphatic heterocycles. The first-order valence-corrected chi connectivity index (χ1v) is 10.6. The summed E-state index contributed by atoms with van der Waals surface area (Å²) in [5, 5.41) is 5.08. The third-order valence-corrected chi connectivity index (χ3v) is 5.44. The van der Waals surface area contributed by atoms with Crippen LogP contribution in [0.2, 0.25) is 0 Å². The Morgan fingerprint density at radius 1 is 1.31 bits per heavy atom. The molecule has 0 amide bonds. The Morgan fingerprint density at radius 2 is 2.12 bits per heavy atom. The summed E-state index contributed by atoms with van der Waals surface area (Å²) in [5.74, 6) is 2.70. The maximum Gasteiger partial charge on any atom is 0.324 e. The lowest BCUT2D eigenvalue weighted by Gasteiger charge is -2.30. The maximum atomic E-state index is 5.80. The van der Waals surface area contributed by atoms with Crippen molar-refractivity contribution in [3.05, 3.63) is 24.2 Å². The lowest BCUT2D eigenvalue weighted by Crippen LogP contribution is -2.34. The average Bonchev–Trinajstić information content (AvgIpc) is 3.17. The van der Waals surface area contributed by atoms with E-state index in [1.165, 1.54) is 19.3 Å². The van der Waals surface area contributed by atoms with Gasteiger partial charge in [-0.3, -0.25) is 0 Å². The van der Waals surface area contributed by atoms with Crippen molar-refractivity contribution in [3.8, 4) is 5.75 Å². The molecular weight excluding hydrogens is 348 g/mol. The van der Waals surface area contributed by atoms with Crippen molar-refractivity contribution in [1.82, 2.24) is 15.1 Å². The zero-order valence-electron chi connectivity index (χ0n) is 15.9. The van der Waals surface area contributed by atoms with Gasteiger partial charge in [0.1, 0.15) is 5.75 Å². The van der Waals surface area contributed by atoms with Gasteiger partial charge in [0.25, 0.3) is 0 Å². The van der Waals surface area contributed by atoms with E-state index in [-0.39, 0.29) is 0 Å². The Balaban J connectivity index is 1.34. The van der Waals surface area contributed by atoms with E-state index in [0.29, 0.717) is 11.9 Å². The van der Waals surface area contributed by atoms with Gasteiger partial charge in [0, 0.05) is 19.0 Å². The molecule has 0 bridgehead atoms. The molecule has 1 saturated heterocycles. The first-order valence-electron chi connectivity index (χ1n) is 9.37. The van der Waals surface area contributed by atoms with Crippen molar-refractivity contribution in [2.24, 2.45) is 5.92 Å². The average molecular weight is 377 g/mol. The lowest BCUT2D eigenvalue weighted by molar-refractivity contribution is 0.275. The second kappa shape index (κ2) is 9.26. The van der Waals surface area contributed by atoms with Crippen LogP contribution in [0.15, 0.2) is 27.9 Å². The van der Waals surface area contributed by atoms with Gasteiger partial charge in [-0.1, -0.05) is 19.0 Å². The van der Waals surface area contributed by atoms with Crippen LogP contribution < -0.4 is 9.64 Å². The highest BCUT2D eigenvalue weighted by atomic mass is 32.2. The number of thioether (sulfide) groups is 1. The molecule has 3 rings (SSSR count). The van der Waals surface area contributed by atoms with Gasteiger partial charge in [-0.2, -0.15) is 4.98 Å². The van der Waals surface area contributed by atoms with Crippen LogP contribution in [0.25, 0.3) is 0 Å². The van der Waals surface area contributed by atoms with Crippen molar-refractivity contribution in [2.45, 2.75) is 50.5 Å². The van der Waals surface area contributed by atoms with E-state index in [9.17, 15) is 0 Å². The molecule has 7 heteroatoms. The van der Waals surface area contributed by atoms with E-state index in [4.69, 9.17) is 9.26 Å². The number of pyridine rings is 1. The van der Waals surface area contributed by atoms with Crippen LogP contribution in [-0.4, -0.2) is 41.1 Å². The predicted octanol–water partition coefficient (Wildman–Crippen LogP) is 4.39. The summed E-state index contributed by atoms with van der Waals surface area (Å²) in [5.41, 5.74) is 0. The Labute approximate surface area is 159 Å². The molecule has 0 radical (unpaired) electrons. The van der Waals surface area contributed by atoms with Gasteiger partial charge in [-0.15, -0.1) is 11.8 Å². The van der Waals surface area contributed by atoms with E-state index >= 15 is 0 Å². The maximum absolute atomic E-state index is 5.80. The van der Waals surface area contributed by atoms with Crippen molar-refractivity contribution >= 4 is 17.8 Å². The quantitative estimate of drug-likeness (QED) is 0.500. The monoisotopic (exact) mass is 376 g/mol. The number of ether oxygens (including phenoxy) is 1. The molecule has 0 unspecified atom stereocenters. The van der Waals surface area contributed by atoms with Crippen LogP contribution in [0, 0.1) is 5.92 Å². The fraction of sp³-hybridized carbons (Fsp3) is 0.632. The van der Waals surface area contributed by atoms with Crippen LogP contribution in [0.4, 0.5) is 6.01 Å². The van der Waals surface area contributed by atoms with Gasteiger partial charge < -0.3 is 14.2 Å². The Bertz CT molecular complexity index is 666. The minimum absolute atomic E-state index is 0.303. The molecule has 0 spiro atoms. The fourth-order valence-corrected chi connectivity index (χ4v) is 3.50. The summed E-state index contributed by atoms with van der Waals surface area (Å²) < 4.78 is 11.2. The summed E-state index contributed by atoms with van der Waals surface area (Å²) in [6.45, 7) is 6.89. The van der Waals surface area contributed by atoms with E-state index in [1.807, 2.05) is 18.4 Å². The van der Waals surface area contributed by atoms with Gasteiger partial charge >= 0.3 is 6.01 Å². The summed E-state index contributed by atoms with van der Waals surface area (Å²) in [6, 6.07) is 4.67. The molecule has 1 fully saturated rings. The fourth-order valence-electron chi connectivity index (χ4n) is 3.14. The van der Waals surface area contributed by atoms with Crippen molar-refractivity contribution in [3.63, 3.8) is 0 Å². The van der Waals surface area contributed by atoms with Gasteiger partial charge in [-0.25, -0.2) is 4.98 Å². The van der Waals surface area contributed by atoms with Crippen LogP contribution in [0.1, 0.15) is 51.3 Å². The SMILES string of the molecule is CSc1ccc(OCCCC2CCN(c3nc(C(C)C)no3)CC2)cn1. The number of piperidine rings is 1. The standard InChI is InChI=1S/C19H28N4O2S/c1-14(2)18-21-19(25-22-18)23-10-8-15(9-11-23)5-4-12-24-16-6-7-17(26-3)20-13-16/h6-7,13-15H,4-5,8-12H2,1-3H3. The Hall–Kier alpha value is -1.76.